The van der Waals surface area contributed by atoms with Gasteiger partial charge in [-0.05, 0) is 49.1 Å². The summed E-state index contributed by atoms with van der Waals surface area (Å²) in [5.41, 5.74) is 3.83. The summed E-state index contributed by atoms with van der Waals surface area (Å²) in [6.07, 6.45) is 4.01. The van der Waals surface area contributed by atoms with Crippen LogP contribution >= 0.6 is 0 Å². The number of hydrogen-bond donors (Lipinski definition) is 2. The molecule has 2 aliphatic heterocycles. The van der Waals surface area contributed by atoms with E-state index in [9.17, 15) is 0 Å². The van der Waals surface area contributed by atoms with E-state index in [0.717, 1.165) is 12.2 Å². The second-order valence-corrected chi connectivity index (χ2v) is 5.99. The highest BCUT2D eigenvalue weighted by Gasteiger charge is 2.35. The predicted octanol–water partition coefficient (Wildman–Crippen LogP) is 3.16. The van der Waals surface area contributed by atoms with Crippen molar-refractivity contribution in [2.24, 2.45) is 0 Å². The topological polar surface area (TPSA) is 53.1 Å². The zero-order valence-electron chi connectivity index (χ0n) is 13.9. The summed E-state index contributed by atoms with van der Waals surface area (Å²) in [6.45, 7) is 2.84. The highest BCUT2D eigenvalue weighted by Crippen LogP contribution is 2.45. The number of fused-ring (bicyclic) bond motifs is 5. The van der Waals surface area contributed by atoms with E-state index in [-0.39, 0.29) is 0 Å². The van der Waals surface area contributed by atoms with Gasteiger partial charge in [-0.25, -0.2) is 4.98 Å². The van der Waals surface area contributed by atoms with Crippen LogP contribution in [0.15, 0.2) is 30.4 Å². The van der Waals surface area contributed by atoms with E-state index in [4.69, 9.17) is 1.37 Å². The molecule has 0 amide bonds. The Labute approximate surface area is 132 Å². The summed E-state index contributed by atoms with van der Waals surface area (Å²) in [7, 11) is 1.93. The van der Waals surface area contributed by atoms with E-state index >= 15 is 0 Å². The van der Waals surface area contributed by atoms with Crippen LogP contribution in [0.4, 0.5) is 17.5 Å². The highest BCUT2D eigenvalue weighted by atomic mass is 15.2. The van der Waals surface area contributed by atoms with Gasteiger partial charge in [0.25, 0.3) is 0 Å². The van der Waals surface area contributed by atoms with Gasteiger partial charge in [-0.15, -0.1) is 0 Å². The van der Waals surface area contributed by atoms with Gasteiger partial charge in [0.2, 0.25) is 5.95 Å². The highest BCUT2D eigenvalue weighted by molar-refractivity contribution is 5.59. The SMILES string of the molecule is [2H]c1cnc(Nc2ccc3c(c2)C2CCC3N2)nc1N(C)CC. The zero-order valence-corrected chi connectivity index (χ0v) is 12.9. The van der Waals surface area contributed by atoms with Crippen molar-refractivity contribution in [3.05, 3.63) is 41.6 Å². The van der Waals surface area contributed by atoms with Crippen LogP contribution in [0.25, 0.3) is 0 Å². The van der Waals surface area contributed by atoms with Gasteiger partial charge in [0, 0.05) is 37.6 Å². The van der Waals surface area contributed by atoms with Gasteiger partial charge >= 0.3 is 0 Å². The lowest BCUT2D eigenvalue weighted by Gasteiger charge is -2.17. The monoisotopic (exact) mass is 296 g/mol. The minimum Gasteiger partial charge on any atom is -0.360 e. The van der Waals surface area contributed by atoms with Gasteiger partial charge in [-0.2, -0.15) is 4.98 Å². The van der Waals surface area contributed by atoms with Crippen molar-refractivity contribution in [3.8, 4) is 0 Å². The Morgan fingerprint density at radius 1 is 1.36 bits per heavy atom. The van der Waals surface area contributed by atoms with E-state index in [2.05, 4.69) is 38.8 Å². The molecule has 2 N–H and O–H groups in total. The molecule has 22 heavy (non-hydrogen) atoms. The average Bonchev–Trinajstić information content (AvgIpc) is 3.18. The molecule has 2 aliphatic rings. The maximum absolute atomic E-state index is 7.93. The first-order valence-corrected chi connectivity index (χ1v) is 7.87. The fourth-order valence-corrected chi connectivity index (χ4v) is 3.35. The molecule has 114 valence electrons. The molecule has 5 nitrogen and oxygen atoms in total. The summed E-state index contributed by atoms with van der Waals surface area (Å²) in [6, 6.07) is 7.86. The van der Waals surface area contributed by atoms with Crippen molar-refractivity contribution in [3.63, 3.8) is 0 Å². The number of rotatable bonds is 4. The van der Waals surface area contributed by atoms with Crippen LogP contribution in [0.5, 0.6) is 0 Å². The number of benzene rings is 1. The maximum Gasteiger partial charge on any atom is 0.229 e. The first kappa shape index (κ1) is 12.4. The zero-order chi connectivity index (χ0) is 16.0. The van der Waals surface area contributed by atoms with Gasteiger partial charge in [-0.3, -0.25) is 0 Å². The number of nitrogens with one attached hydrogen (secondary N) is 2. The first-order chi connectivity index (χ1) is 11.2. The molecule has 1 aromatic heterocycles. The first-order valence-electron chi connectivity index (χ1n) is 8.37. The molecule has 2 bridgehead atoms. The van der Waals surface area contributed by atoms with E-state index in [0.29, 0.717) is 29.9 Å². The molecule has 3 heterocycles. The van der Waals surface area contributed by atoms with Gasteiger partial charge in [-0.1, -0.05) is 6.07 Å². The van der Waals surface area contributed by atoms with E-state index < -0.39 is 0 Å². The molecule has 0 aliphatic carbocycles. The smallest absolute Gasteiger partial charge is 0.229 e. The molecular weight excluding hydrogens is 274 g/mol. The normalized spacial score (nSPS) is 22.4. The molecule has 0 spiro atoms. The Morgan fingerprint density at radius 2 is 2.18 bits per heavy atom. The summed E-state index contributed by atoms with van der Waals surface area (Å²) >= 11 is 0. The molecule has 1 aromatic carbocycles. The lowest BCUT2D eigenvalue weighted by molar-refractivity contribution is 0.639. The van der Waals surface area contributed by atoms with Gasteiger partial charge in [0.1, 0.15) is 5.82 Å². The third kappa shape index (κ3) is 2.22. The summed E-state index contributed by atoms with van der Waals surface area (Å²) in [5, 5.41) is 6.91. The molecule has 2 aromatic rings. The Morgan fingerprint density at radius 3 is 3.00 bits per heavy atom. The molecule has 0 radical (unpaired) electrons. The van der Waals surface area contributed by atoms with E-state index in [1.54, 1.807) is 6.20 Å². The average molecular weight is 296 g/mol. The fraction of sp³-hybridized carbons (Fsp3) is 0.412. The van der Waals surface area contributed by atoms with E-state index in [1.807, 2.05) is 18.9 Å². The standard InChI is InChI=1S/C17H21N5/c1-3-22(2)16-8-9-18-17(21-16)19-11-4-5-12-13(10-11)15-7-6-14(12)20-15/h4-5,8-10,14-15,20H,3,6-7H2,1-2H3,(H,18,19,21)/i8D. The van der Waals surface area contributed by atoms with Crippen molar-refractivity contribution in [1.29, 1.82) is 0 Å². The molecule has 0 saturated carbocycles. The van der Waals surface area contributed by atoms with Crippen LogP contribution in [0.3, 0.4) is 0 Å². The molecule has 2 unspecified atom stereocenters. The third-order valence-electron chi connectivity index (χ3n) is 4.67. The van der Waals surface area contributed by atoms with Crippen molar-refractivity contribution in [2.45, 2.75) is 31.8 Å². The van der Waals surface area contributed by atoms with Crippen LogP contribution < -0.4 is 15.5 Å². The number of hydrogen-bond acceptors (Lipinski definition) is 5. The summed E-state index contributed by atoms with van der Waals surface area (Å²) in [5.74, 6) is 1.18. The van der Waals surface area contributed by atoms with Gasteiger partial charge in [0.05, 0.1) is 1.37 Å². The number of nitrogens with zero attached hydrogens (tertiary/aromatic N) is 3. The fourth-order valence-electron chi connectivity index (χ4n) is 3.35. The maximum atomic E-state index is 7.93. The van der Waals surface area contributed by atoms with Crippen molar-refractivity contribution >= 4 is 17.5 Å². The van der Waals surface area contributed by atoms with Gasteiger partial charge < -0.3 is 15.5 Å². The molecule has 1 fully saturated rings. The van der Waals surface area contributed by atoms with Crippen LogP contribution in [0.2, 0.25) is 0 Å². The Hall–Kier alpha value is -2.14. The second kappa shape index (κ2) is 5.25. The van der Waals surface area contributed by atoms with Crippen LogP contribution in [0.1, 0.15) is 44.3 Å². The second-order valence-electron chi connectivity index (χ2n) is 5.99. The Bertz CT molecular complexity index is 748. The third-order valence-corrected chi connectivity index (χ3v) is 4.67. The minimum atomic E-state index is 0.343. The van der Waals surface area contributed by atoms with E-state index in [1.165, 1.54) is 24.0 Å². The van der Waals surface area contributed by atoms with Crippen LogP contribution in [-0.2, 0) is 0 Å². The van der Waals surface area contributed by atoms with Gasteiger partial charge in [0.15, 0.2) is 0 Å². The molecule has 4 rings (SSSR count). The minimum absolute atomic E-state index is 0.343. The molecule has 2 atom stereocenters. The Kier molecular flexibility index (Phi) is 2.96. The van der Waals surface area contributed by atoms with Crippen molar-refractivity contribution in [2.75, 3.05) is 23.8 Å². The quantitative estimate of drug-likeness (QED) is 0.907. The van der Waals surface area contributed by atoms with Crippen molar-refractivity contribution in [1.82, 2.24) is 15.3 Å². The summed E-state index contributed by atoms with van der Waals surface area (Å²) < 4.78 is 7.93. The van der Waals surface area contributed by atoms with Crippen LogP contribution in [-0.4, -0.2) is 23.6 Å². The number of aromatic nitrogens is 2. The lowest BCUT2D eigenvalue weighted by Crippen LogP contribution is -2.17. The largest absolute Gasteiger partial charge is 0.360 e. The predicted molar refractivity (Wildman–Crippen MR) is 88.6 cm³/mol. The molecule has 5 heteroatoms. The van der Waals surface area contributed by atoms with Crippen molar-refractivity contribution < 1.29 is 1.37 Å². The van der Waals surface area contributed by atoms with Crippen LogP contribution in [0, 0.1) is 0 Å². The summed E-state index contributed by atoms with van der Waals surface area (Å²) in [4.78, 5) is 10.7. The lowest BCUT2D eigenvalue weighted by atomic mass is 9.91. The molecule has 1 saturated heterocycles. The number of anilines is 3. The molecular formula is C17H21N5. The Balaban J connectivity index is 1.61.